The van der Waals surface area contributed by atoms with Gasteiger partial charge in [-0.1, -0.05) is 0 Å². The molecule has 10 nitrogen and oxygen atoms in total. The number of urea groups is 1. The second kappa shape index (κ2) is 9.54. The fourth-order valence-electron chi connectivity index (χ4n) is 4.46. The summed E-state index contributed by atoms with van der Waals surface area (Å²) in [6.45, 7) is 7.25. The van der Waals surface area contributed by atoms with Gasteiger partial charge in [-0.15, -0.1) is 0 Å². The van der Waals surface area contributed by atoms with E-state index in [9.17, 15) is 13.2 Å². The molecule has 3 N–H and O–H groups in total. The predicted molar refractivity (Wildman–Crippen MR) is 127 cm³/mol. The van der Waals surface area contributed by atoms with Crippen LogP contribution in [-0.4, -0.2) is 68.9 Å². The molecule has 2 saturated heterocycles. The molecule has 0 unspecified atom stereocenters. The van der Waals surface area contributed by atoms with Crippen molar-refractivity contribution in [1.82, 2.24) is 14.3 Å². The van der Waals surface area contributed by atoms with Gasteiger partial charge < -0.3 is 19.9 Å². The number of carbonyl (C=O) groups excluding carboxylic acids is 1. The average Bonchev–Trinajstić information content (AvgIpc) is 3.42. The van der Waals surface area contributed by atoms with Gasteiger partial charge in [0.1, 0.15) is 0 Å². The number of ether oxygens (including phenoxy) is 1. The molecule has 0 radical (unpaired) electrons. The molecule has 0 aliphatic carbocycles. The molecule has 0 atom stereocenters. The molecular weight excluding hydrogens is 444 g/mol. The first-order valence-electron chi connectivity index (χ1n) is 11.0. The molecular formula is C22H30N6O4S. The maximum absolute atomic E-state index is 13.4. The molecule has 2 aromatic rings. The molecule has 1 aromatic carbocycles. The molecule has 3 heterocycles. The van der Waals surface area contributed by atoms with Gasteiger partial charge in [-0.25, -0.2) is 18.6 Å². The maximum atomic E-state index is 13.4. The van der Waals surface area contributed by atoms with E-state index >= 15 is 0 Å². The maximum Gasteiger partial charge on any atom is 0.332 e. The van der Waals surface area contributed by atoms with Crippen molar-refractivity contribution in [2.24, 2.45) is 10.8 Å². The summed E-state index contributed by atoms with van der Waals surface area (Å²) >= 11 is 0. The third-order valence-electron chi connectivity index (χ3n) is 6.09. The summed E-state index contributed by atoms with van der Waals surface area (Å²) < 4.78 is 35.6. The zero-order valence-electron chi connectivity index (χ0n) is 19.0. The number of anilines is 1. The number of amides is 2. The smallest absolute Gasteiger partial charge is 0.332 e. The zero-order chi connectivity index (χ0) is 23.6. The van der Waals surface area contributed by atoms with Gasteiger partial charge in [-0.05, 0) is 51.0 Å². The van der Waals surface area contributed by atoms with Crippen molar-refractivity contribution in [3.05, 3.63) is 41.2 Å². The van der Waals surface area contributed by atoms with Crippen LogP contribution >= 0.6 is 0 Å². The summed E-state index contributed by atoms with van der Waals surface area (Å²) in [4.78, 5) is 13.5. The third-order valence-corrected chi connectivity index (χ3v) is 7.99. The topological polar surface area (TPSA) is 122 Å². The number of hydrogen-bond donors (Lipinski definition) is 2. The van der Waals surface area contributed by atoms with Crippen molar-refractivity contribution >= 4 is 28.0 Å². The van der Waals surface area contributed by atoms with E-state index in [1.54, 1.807) is 12.1 Å². The van der Waals surface area contributed by atoms with Gasteiger partial charge in [-0.3, -0.25) is 0 Å². The minimum absolute atomic E-state index is 0.264. The van der Waals surface area contributed by atoms with Crippen LogP contribution in [0.2, 0.25) is 0 Å². The predicted octanol–water partition coefficient (Wildman–Crippen LogP) is 1.72. The lowest BCUT2D eigenvalue weighted by atomic mass is 10.2. The first-order valence-corrected chi connectivity index (χ1v) is 12.5. The van der Waals surface area contributed by atoms with Crippen LogP contribution in [0, 0.1) is 13.8 Å². The normalized spacial score (nSPS) is 17.7. The number of morpholine rings is 1. The van der Waals surface area contributed by atoms with Crippen molar-refractivity contribution < 1.29 is 17.9 Å². The molecule has 0 bridgehead atoms. The van der Waals surface area contributed by atoms with E-state index < -0.39 is 16.1 Å². The first-order chi connectivity index (χ1) is 15.8. The molecule has 1 aromatic heterocycles. The Kier molecular flexibility index (Phi) is 6.73. The highest BCUT2D eigenvalue weighted by molar-refractivity contribution is 7.89. The number of sulfonamides is 1. The second-order valence-electron chi connectivity index (χ2n) is 8.26. The highest BCUT2D eigenvalue weighted by Crippen LogP contribution is 2.34. The van der Waals surface area contributed by atoms with Crippen LogP contribution in [0.15, 0.2) is 34.3 Å². The molecule has 4 rings (SSSR count). The minimum Gasteiger partial charge on any atom is -0.379 e. The quantitative estimate of drug-likeness (QED) is 0.488. The van der Waals surface area contributed by atoms with E-state index in [0.29, 0.717) is 26.3 Å². The van der Waals surface area contributed by atoms with Gasteiger partial charge in [0.25, 0.3) is 0 Å². The van der Waals surface area contributed by atoms with Crippen LogP contribution in [0.5, 0.6) is 0 Å². The average molecular weight is 475 g/mol. The summed E-state index contributed by atoms with van der Waals surface area (Å²) in [6, 6.07) is 6.58. The van der Waals surface area contributed by atoms with Crippen LogP contribution in [0.25, 0.3) is 5.69 Å². The van der Waals surface area contributed by atoms with Crippen molar-refractivity contribution in [3.63, 3.8) is 0 Å². The lowest BCUT2D eigenvalue weighted by Crippen LogP contribution is -2.40. The number of carbonyl (C=O) groups is 1. The Morgan fingerprint density at radius 3 is 2.45 bits per heavy atom. The SMILES string of the molecule is Cc1cc(/C=N/NC(N)=O)c(C)n1-c1cc(S(=O)(=O)N2CCOCC2)ccc1N1CCCC1. The van der Waals surface area contributed by atoms with Crippen molar-refractivity contribution in [1.29, 1.82) is 0 Å². The Morgan fingerprint density at radius 1 is 1.09 bits per heavy atom. The van der Waals surface area contributed by atoms with E-state index in [0.717, 1.165) is 54.3 Å². The molecule has 178 valence electrons. The first kappa shape index (κ1) is 23.3. The van der Waals surface area contributed by atoms with Gasteiger partial charge in [0.15, 0.2) is 0 Å². The Bertz CT molecular complexity index is 1160. The fraction of sp³-hybridized carbons (Fsp3) is 0.455. The number of nitrogens with zero attached hydrogens (tertiary/aromatic N) is 4. The fourth-order valence-corrected chi connectivity index (χ4v) is 5.89. The van der Waals surface area contributed by atoms with Crippen LogP contribution < -0.4 is 16.1 Å². The number of nitrogens with two attached hydrogens (primary N) is 1. The lowest BCUT2D eigenvalue weighted by Gasteiger charge is -2.28. The highest BCUT2D eigenvalue weighted by atomic mass is 32.2. The van der Waals surface area contributed by atoms with E-state index in [-0.39, 0.29) is 4.90 Å². The van der Waals surface area contributed by atoms with Gasteiger partial charge in [0.05, 0.1) is 35.7 Å². The summed E-state index contributed by atoms with van der Waals surface area (Å²) in [7, 11) is -3.64. The summed E-state index contributed by atoms with van der Waals surface area (Å²) in [5.41, 5.74) is 11.7. The summed E-state index contributed by atoms with van der Waals surface area (Å²) in [6.07, 6.45) is 3.74. The minimum atomic E-state index is -3.64. The van der Waals surface area contributed by atoms with Gasteiger partial charge >= 0.3 is 6.03 Å². The number of nitrogens with one attached hydrogen (secondary N) is 1. The molecule has 0 saturated carbocycles. The monoisotopic (exact) mass is 474 g/mol. The van der Waals surface area contributed by atoms with Crippen LogP contribution in [0.4, 0.5) is 10.5 Å². The van der Waals surface area contributed by atoms with Gasteiger partial charge in [-0.2, -0.15) is 9.41 Å². The number of primary amides is 1. The number of rotatable bonds is 6. The van der Waals surface area contributed by atoms with Crippen molar-refractivity contribution in [2.75, 3.05) is 44.3 Å². The molecule has 2 fully saturated rings. The van der Waals surface area contributed by atoms with E-state index in [4.69, 9.17) is 10.5 Å². The highest BCUT2D eigenvalue weighted by Gasteiger charge is 2.28. The number of benzene rings is 1. The largest absolute Gasteiger partial charge is 0.379 e. The van der Waals surface area contributed by atoms with Crippen LogP contribution in [-0.2, 0) is 14.8 Å². The molecule has 2 amide bonds. The number of aryl methyl sites for hydroxylation is 1. The summed E-state index contributed by atoms with van der Waals surface area (Å²) in [5.74, 6) is 0. The molecule has 2 aliphatic heterocycles. The van der Waals surface area contributed by atoms with Gasteiger partial charge in [0.2, 0.25) is 10.0 Å². The molecule has 11 heteroatoms. The number of hydrazone groups is 1. The van der Waals surface area contributed by atoms with Crippen molar-refractivity contribution in [3.8, 4) is 5.69 Å². The molecule has 33 heavy (non-hydrogen) atoms. The summed E-state index contributed by atoms with van der Waals surface area (Å²) in [5, 5.41) is 3.88. The van der Waals surface area contributed by atoms with Crippen LogP contribution in [0.3, 0.4) is 0 Å². The van der Waals surface area contributed by atoms with E-state index in [1.807, 2.05) is 30.5 Å². The zero-order valence-corrected chi connectivity index (χ0v) is 19.8. The lowest BCUT2D eigenvalue weighted by molar-refractivity contribution is 0.0730. The van der Waals surface area contributed by atoms with Crippen LogP contribution in [0.1, 0.15) is 29.8 Å². The third kappa shape index (κ3) is 4.75. The van der Waals surface area contributed by atoms with E-state index in [2.05, 4.69) is 15.4 Å². The molecule has 0 spiro atoms. The molecule has 2 aliphatic rings. The van der Waals surface area contributed by atoms with Gasteiger partial charge in [0, 0.05) is 43.1 Å². The Labute approximate surface area is 194 Å². The van der Waals surface area contributed by atoms with Crippen molar-refractivity contribution in [2.45, 2.75) is 31.6 Å². The Balaban J connectivity index is 1.80. The standard InChI is InChI=1S/C22H30N6O4S/c1-16-13-18(15-24-25-22(23)29)17(2)28(16)21-14-19(5-6-20(21)26-7-3-4-8-26)33(30,31)27-9-11-32-12-10-27/h5-6,13-15H,3-4,7-12H2,1-2H3,(H3,23,25,29)/b24-15+. The number of aromatic nitrogens is 1. The number of hydrogen-bond acceptors (Lipinski definition) is 6. The Morgan fingerprint density at radius 2 is 1.79 bits per heavy atom. The Hall–Kier alpha value is -2.89. The second-order valence-corrected chi connectivity index (χ2v) is 10.2. The van der Waals surface area contributed by atoms with E-state index in [1.165, 1.54) is 10.5 Å².